The van der Waals surface area contributed by atoms with Gasteiger partial charge in [0.25, 0.3) is 5.91 Å². The van der Waals surface area contributed by atoms with E-state index in [1.807, 2.05) is 48.5 Å². The largest absolute Gasteiger partial charge is 0.435 e. The number of hydrogen-bond acceptors (Lipinski definition) is 6. The predicted molar refractivity (Wildman–Crippen MR) is 123 cm³/mol. The van der Waals surface area contributed by atoms with Crippen molar-refractivity contribution in [2.45, 2.75) is 13.0 Å². The van der Waals surface area contributed by atoms with Crippen LogP contribution in [-0.2, 0) is 13.0 Å². The van der Waals surface area contributed by atoms with Gasteiger partial charge in [-0.15, -0.1) is 0 Å². The van der Waals surface area contributed by atoms with Gasteiger partial charge in [-0.2, -0.15) is 0 Å². The predicted octanol–water partition coefficient (Wildman–Crippen LogP) is 4.53. The Morgan fingerprint density at radius 2 is 1.81 bits per heavy atom. The van der Waals surface area contributed by atoms with Crippen molar-refractivity contribution in [3.8, 4) is 0 Å². The van der Waals surface area contributed by atoms with Gasteiger partial charge in [0.2, 0.25) is 5.76 Å². The summed E-state index contributed by atoms with van der Waals surface area (Å²) in [6, 6.07) is 15.4. The van der Waals surface area contributed by atoms with Crippen molar-refractivity contribution >= 4 is 45.0 Å². The van der Waals surface area contributed by atoms with Crippen LogP contribution in [0, 0.1) is 0 Å². The highest BCUT2D eigenvalue weighted by molar-refractivity contribution is 6.31. The summed E-state index contributed by atoms with van der Waals surface area (Å²) in [5.41, 5.74) is 8.68. The van der Waals surface area contributed by atoms with Crippen molar-refractivity contribution in [1.29, 1.82) is 0 Å². The minimum atomic E-state index is -0.326. The van der Waals surface area contributed by atoms with Gasteiger partial charge in [0, 0.05) is 36.1 Å². The fourth-order valence-corrected chi connectivity index (χ4v) is 3.73. The van der Waals surface area contributed by atoms with Gasteiger partial charge in [-0.05, 0) is 46.8 Å². The zero-order chi connectivity index (χ0) is 22.1. The normalized spacial score (nSPS) is 11.2. The molecule has 1 amide bonds. The summed E-state index contributed by atoms with van der Waals surface area (Å²) in [4.78, 5) is 25.1. The molecule has 0 fully saturated rings. The van der Waals surface area contributed by atoms with Gasteiger partial charge < -0.3 is 15.5 Å². The maximum atomic E-state index is 12.5. The monoisotopic (exact) mass is 443 g/mol. The van der Waals surface area contributed by atoms with Gasteiger partial charge in [0.1, 0.15) is 5.82 Å². The fourth-order valence-electron chi connectivity index (χ4n) is 3.57. The number of nitrogens with zero attached hydrogens (tertiary/aromatic N) is 3. The summed E-state index contributed by atoms with van der Waals surface area (Å²) in [5, 5.41) is 6.23. The molecule has 0 aliphatic carbocycles. The first-order chi connectivity index (χ1) is 15.5. The lowest BCUT2D eigenvalue weighted by Crippen LogP contribution is -2.22. The number of fused-ring (bicyclic) bond motifs is 2. The zero-order valence-corrected chi connectivity index (χ0v) is 17.6. The molecule has 0 aliphatic heterocycles. The number of hydrogen-bond donors (Lipinski definition) is 2. The SMILES string of the molecule is Nc1nccc2cc(CNC(=O)c3cnc(Cc4ccc5ncc(Cl)cc5c4)o3)ccc12. The molecule has 158 valence electrons. The summed E-state index contributed by atoms with van der Waals surface area (Å²) in [6.45, 7) is 0.353. The number of aromatic nitrogens is 3. The molecule has 5 rings (SSSR count). The molecular weight excluding hydrogens is 426 g/mol. The number of anilines is 1. The molecule has 3 heterocycles. The van der Waals surface area contributed by atoms with E-state index in [1.54, 1.807) is 12.4 Å². The van der Waals surface area contributed by atoms with Crippen LogP contribution in [0.5, 0.6) is 0 Å². The number of pyridine rings is 2. The van der Waals surface area contributed by atoms with Crippen LogP contribution in [0.15, 0.2) is 71.5 Å². The van der Waals surface area contributed by atoms with Crippen LogP contribution < -0.4 is 11.1 Å². The number of nitrogen functional groups attached to an aromatic ring is 1. The lowest BCUT2D eigenvalue weighted by atomic mass is 10.1. The van der Waals surface area contributed by atoms with Gasteiger partial charge in [-0.1, -0.05) is 29.8 Å². The highest BCUT2D eigenvalue weighted by Crippen LogP contribution is 2.21. The van der Waals surface area contributed by atoms with Crippen molar-refractivity contribution in [2.24, 2.45) is 0 Å². The average Bonchev–Trinajstić information content (AvgIpc) is 3.26. The van der Waals surface area contributed by atoms with E-state index in [4.69, 9.17) is 21.8 Å². The van der Waals surface area contributed by atoms with Gasteiger partial charge in [0.15, 0.2) is 5.89 Å². The van der Waals surface area contributed by atoms with Crippen molar-refractivity contribution in [2.75, 3.05) is 5.73 Å². The summed E-state index contributed by atoms with van der Waals surface area (Å²) >= 11 is 6.03. The Kier molecular flexibility index (Phi) is 5.17. The number of carbonyl (C=O) groups excluding carboxylic acids is 1. The molecule has 0 saturated heterocycles. The highest BCUT2D eigenvalue weighted by atomic mass is 35.5. The van der Waals surface area contributed by atoms with Crippen LogP contribution in [0.4, 0.5) is 5.82 Å². The van der Waals surface area contributed by atoms with Crippen molar-refractivity contribution in [1.82, 2.24) is 20.3 Å². The Bertz CT molecular complexity index is 1460. The molecule has 3 N–H and O–H groups in total. The zero-order valence-electron chi connectivity index (χ0n) is 16.9. The number of halogens is 1. The third kappa shape index (κ3) is 4.10. The van der Waals surface area contributed by atoms with Gasteiger partial charge in [0.05, 0.1) is 16.7 Å². The van der Waals surface area contributed by atoms with E-state index in [0.29, 0.717) is 29.7 Å². The average molecular weight is 444 g/mol. The molecule has 8 heteroatoms. The number of carbonyl (C=O) groups is 1. The number of nitrogens with two attached hydrogens (primary N) is 1. The summed E-state index contributed by atoms with van der Waals surface area (Å²) < 4.78 is 5.67. The molecule has 0 bridgehead atoms. The number of oxazole rings is 1. The Morgan fingerprint density at radius 3 is 2.72 bits per heavy atom. The fraction of sp³-hybridized carbons (Fsp3) is 0.0833. The smallest absolute Gasteiger partial charge is 0.288 e. The van der Waals surface area contributed by atoms with Crippen molar-refractivity contribution in [3.63, 3.8) is 0 Å². The molecule has 0 aliphatic rings. The van der Waals surface area contributed by atoms with Crippen LogP contribution in [0.3, 0.4) is 0 Å². The highest BCUT2D eigenvalue weighted by Gasteiger charge is 2.13. The maximum absolute atomic E-state index is 12.5. The first kappa shape index (κ1) is 20.0. The topological polar surface area (TPSA) is 107 Å². The first-order valence-electron chi connectivity index (χ1n) is 9.95. The molecule has 32 heavy (non-hydrogen) atoms. The summed E-state index contributed by atoms with van der Waals surface area (Å²) in [6.07, 6.45) is 5.18. The van der Waals surface area contributed by atoms with Crippen LogP contribution in [0.1, 0.15) is 27.6 Å². The number of nitrogens with one attached hydrogen (secondary N) is 1. The van der Waals surface area contributed by atoms with Crippen LogP contribution >= 0.6 is 11.6 Å². The van der Waals surface area contributed by atoms with Gasteiger partial charge >= 0.3 is 0 Å². The van der Waals surface area contributed by atoms with E-state index in [1.165, 1.54) is 6.20 Å². The van der Waals surface area contributed by atoms with E-state index in [2.05, 4.69) is 20.3 Å². The quantitative estimate of drug-likeness (QED) is 0.413. The van der Waals surface area contributed by atoms with Crippen LogP contribution in [-0.4, -0.2) is 20.9 Å². The molecule has 5 aromatic rings. The van der Waals surface area contributed by atoms with Crippen LogP contribution in [0.25, 0.3) is 21.7 Å². The van der Waals surface area contributed by atoms with Crippen molar-refractivity contribution in [3.05, 3.63) is 94.9 Å². The van der Waals surface area contributed by atoms with Gasteiger partial charge in [-0.3, -0.25) is 9.78 Å². The lowest BCUT2D eigenvalue weighted by molar-refractivity contribution is 0.0921. The van der Waals surface area contributed by atoms with E-state index in [9.17, 15) is 4.79 Å². The molecule has 0 radical (unpaired) electrons. The third-order valence-corrected chi connectivity index (χ3v) is 5.36. The minimum Gasteiger partial charge on any atom is -0.435 e. The Hall–Kier alpha value is -3.97. The van der Waals surface area contributed by atoms with E-state index < -0.39 is 0 Å². The Balaban J connectivity index is 1.25. The molecular formula is C24H18ClN5O2. The molecule has 7 nitrogen and oxygen atoms in total. The molecule has 2 aromatic carbocycles. The molecule has 0 saturated carbocycles. The standard InChI is InChI=1S/C24H18ClN5O2/c25-18-10-17-7-14(2-4-20(17)28-12-18)9-22-29-13-21(32-22)24(31)30-11-15-1-3-19-16(8-15)5-6-27-23(19)26/h1-8,10,12-13H,9,11H2,(H2,26,27)(H,30,31). The first-order valence-corrected chi connectivity index (χ1v) is 10.3. The Morgan fingerprint density at radius 1 is 0.969 bits per heavy atom. The second-order valence-corrected chi connectivity index (χ2v) is 7.85. The summed E-state index contributed by atoms with van der Waals surface area (Å²) in [7, 11) is 0. The Labute approximate surface area is 188 Å². The minimum absolute atomic E-state index is 0.166. The third-order valence-electron chi connectivity index (χ3n) is 5.16. The maximum Gasteiger partial charge on any atom is 0.288 e. The molecule has 3 aromatic heterocycles. The number of amides is 1. The number of rotatable bonds is 5. The second kappa shape index (κ2) is 8.28. The second-order valence-electron chi connectivity index (χ2n) is 7.41. The molecule has 0 atom stereocenters. The van der Waals surface area contributed by atoms with E-state index in [0.717, 1.165) is 32.8 Å². The van der Waals surface area contributed by atoms with Crippen LogP contribution in [0.2, 0.25) is 5.02 Å². The number of benzene rings is 2. The lowest BCUT2D eigenvalue weighted by Gasteiger charge is -2.06. The summed E-state index contributed by atoms with van der Waals surface area (Å²) in [5.74, 6) is 0.781. The van der Waals surface area contributed by atoms with E-state index in [-0.39, 0.29) is 11.7 Å². The molecule has 0 unspecified atom stereocenters. The van der Waals surface area contributed by atoms with Crippen molar-refractivity contribution < 1.29 is 9.21 Å². The van der Waals surface area contributed by atoms with Gasteiger partial charge in [-0.25, -0.2) is 9.97 Å². The van der Waals surface area contributed by atoms with E-state index >= 15 is 0 Å². The molecule has 0 spiro atoms.